The van der Waals surface area contributed by atoms with Gasteiger partial charge in [0.05, 0.1) is 0 Å². The number of amides is 1. The molecule has 0 aliphatic carbocycles. The van der Waals surface area contributed by atoms with Crippen molar-refractivity contribution in [1.29, 1.82) is 0 Å². The predicted octanol–water partition coefficient (Wildman–Crippen LogP) is 3.68. The fourth-order valence-electron chi connectivity index (χ4n) is 1.34. The summed E-state index contributed by atoms with van der Waals surface area (Å²) >= 11 is 2.17. The fourth-order valence-corrected chi connectivity index (χ4v) is 1.70. The summed E-state index contributed by atoms with van der Waals surface area (Å²) in [6.45, 7) is 0. The van der Waals surface area contributed by atoms with Gasteiger partial charge in [0.15, 0.2) is 0 Å². The molecule has 86 valence electrons. The Bertz CT molecular complexity index is 522. The first-order chi connectivity index (χ1) is 8.15. The summed E-state index contributed by atoms with van der Waals surface area (Å²) in [6, 6.07) is 12.9. The van der Waals surface area contributed by atoms with Crippen molar-refractivity contribution in [3.8, 4) is 0 Å². The number of carbonyl (C=O) groups is 1. The minimum Gasteiger partial charge on any atom is -0.322 e. The van der Waals surface area contributed by atoms with Gasteiger partial charge in [0, 0.05) is 14.8 Å². The zero-order chi connectivity index (χ0) is 12.3. The molecular formula is C13H9FINO. The largest absolute Gasteiger partial charge is 0.322 e. The second kappa shape index (κ2) is 5.27. The molecule has 17 heavy (non-hydrogen) atoms. The normalized spacial score (nSPS) is 10.0. The molecule has 2 nitrogen and oxygen atoms in total. The number of carbonyl (C=O) groups excluding carboxylic acids is 1. The van der Waals surface area contributed by atoms with Crippen LogP contribution in [0.1, 0.15) is 10.4 Å². The van der Waals surface area contributed by atoms with E-state index in [1.54, 1.807) is 12.1 Å². The summed E-state index contributed by atoms with van der Waals surface area (Å²) in [6.07, 6.45) is 0. The molecule has 0 radical (unpaired) electrons. The van der Waals surface area contributed by atoms with Crippen LogP contribution in [0.4, 0.5) is 10.1 Å². The lowest BCUT2D eigenvalue weighted by atomic mass is 10.2. The lowest BCUT2D eigenvalue weighted by molar-refractivity contribution is 0.102. The van der Waals surface area contributed by atoms with Crippen molar-refractivity contribution in [1.82, 2.24) is 0 Å². The standard InChI is InChI=1S/C13H9FINO/c14-10-3-7-12(8-4-10)16-13(17)9-1-5-11(15)6-2-9/h1-8H,(H,16,17). The van der Waals surface area contributed by atoms with Gasteiger partial charge >= 0.3 is 0 Å². The topological polar surface area (TPSA) is 29.1 Å². The number of hydrogen-bond acceptors (Lipinski definition) is 1. The summed E-state index contributed by atoms with van der Waals surface area (Å²) in [5.41, 5.74) is 1.16. The molecule has 0 fully saturated rings. The van der Waals surface area contributed by atoms with Gasteiger partial charge in [0.2, 0.25) is 0 Å². The molecule has 0 heterocycles. The first-order valence-corrected chi connectivity index (χ1v) is 6.05. The van der Waals surface area contributed by atoms with Gasteiger partial charge in [-0.05, 0) is 71.1 Å². The zero-order valence-electron chi connectivity index (χ0n) is 8.78. The molecule has 0 spiro atoms. The highest BCUT2D eigenvalue weighted by Crippen LogP contribution is 2.12. The molecule has 1 amide bonds. The number of nitrogens with one attached hydrogen (secondary N) is 1. The fraction of sp³-hybridized carbons (Fsp3) is 0. The van der Waals surface area contributed by atoms with E-state index >= 15 is 0 Å². The number of halogens is 2. The Hall–Kier alpha value is -1.43. The molecule has 2 rings (SSSR count). The van der Waals surface area contributed by atoms with Crippen LogP contribution >= 0.6 is 22.6 Å². The number of benzene rings is 2. The number of rotatable bonds is 2. The molecular weight excluding hydrogens is 332 g/mol. The van der Waals surface area contributed by atoms with E-state index in [0.29, 0.717) is 11.3 Å². The molecule has 0 aromatic heterocycles. The van der Waals surface area contributed by atoms with E-state index in [1.807, 2.05) is 12.1 Å². The SMILES string of the molecule is O=C(Nc1ccc(F)cc1)c1ccc(I)cc1. The van der Waals surface area contributed by atoms with E-state index < -0.39 is 0 Å². The monoisotopic (exact) mass is 341 g/mol. The summed E-state index contributed by atoms with van der Waals surface area (Å²) in [5, 5.41) is 2.70. The van der Waals surface area contributed by atoms with E-state index in [2.05, 4.69) is 27.9 Å². The molecule has 2 aromatic rings. The average molecular weight is 341 g/mol. The van der Waals surface area contributed by atoms with Crippen LogP contribution in [0.5, 0.6) is 0 Å². The first kappa shape index (κ1) is 12.0. The molecule has 4 heteroatoms. The first-order valence-electron chi connectivity index (χ1n) is 4.97. The summed E-state index contributed by atoms with van der Waals surface area (Å²) in [4.78, 5) is 11.8. The Kier molecular flexibility index (Phi) is 3.73. The van der Waals surface area contributed by atoms with Gasteiger partial charge in [-0.15, -0.1) is 0 Å². The maximum atomic E-state index is 12.7. The maximum absolute atomic E-state index is 12.7. The molecule has 1 N–H and O–H groups in total. The second-order valence-electron chi connectivity index (χ2n) is 3.47. The van der Waals surface area contributed by atoms with Crippen LogP contribution in [0.25, 0.3) is 0 Å². The predicted molar refractivity (Wildman–Crippen MR) is 73.5 cm³/mol. The average Bonchev–Trinajstić information content (AvgIpc) is 2.33. The van der Waals surface area contributed by atoms with Crippen LogP contribution in [-0.2, 0) is 0 Å². The molecule has 0 aliphatic rings. The summed E-state index contributed by atoms with van der Waals surface area (Å²) < 4.78 is 13.7. The second-order valence-corrected chi connectivity index (χ2v) is 4.71. The zero-order valence-corrected chi connectivity index (χ0v) is 10.9. The highest BCUT2D eigenvalue weighted by atomic mass is 127. The molecule has 2 aromatic carbocycles. The van der Waals surface area contributed by atoms with Crippen LogP contribution in [0.3, 0.4) is 0 Å². The summed E-state index contributed by atoms with van der Waals surface area (Å²) in [7, 11) is 0. The van der Waals surface area contributed by atoms with E-state index in [0.717, 1.165) is 3.57 Å². The van der Waals surface area contributed by atoms with Crippen molar-refractivity contribution >= 4 is 34.2 Å². The molecule has 0 atom stereocenters. The van der Waals surface area contributed by atoms with Gasteiger partial charge < -0.3 is 5.32 Å². The highest BCUT2D eigenvalue weighted by molar-refractivity contribution is 14.1. The molecule has 0 aliphatic heterocycles. The van der Waals surface area contributed by atoms with Crippen molar-refractivity contribution in [3.05, 3.63) is 63.5 Å². The van der Waals surface area contributed by atoms with Crippen LogP contribution < -0.4 is 5.32 Å². The third-order valence-corrected chi connectivity index (χ3v) is 2.93. The Labute approximate surface area is 112 Å². The van der Waals surface area contributed by atoms with E-state index in [1.165, 1.54) is 24.3 Å². The minimum absolute atomic E-state index is 0.201. The van der Waals surface area contributed by atoms with Crippen molar-refractivity contribution < 1.29 is 9.18 Å². The number of hydrogen-bond donors (Lipinski definition) is 1. The Balaban J connectivity index is 2.11. The Morgan fingerprint density at radius 3 is 2.18 bits per heavy atom. The van der Waals surface area contributed by atoms with Crippen molar-refractivity contribution in [2.75, 3.05) is 5.32 Å². The highest BCUT2D eigenvalue weighted by Gasteiger charge is 2.05. The summed E-state index contributed by atoms with van der Waals surface area (Å²) in [5.74, 6) is -0.523. The van der Waals surface area contributed by atoms with Gasteiger partial charge in [-0.1, -0.05) is 0 Å². The van der Waals surface area contributed by atoms with Gasteiger partial charge in [0.25, 0.3) is 5.91 Å². The minimum atomic E-state index is -0.322. The van der Waals surface area contributed by atoms with Crippen LogP contribution in [0, 0.1) is 9.39 Å². The molecule has 0 bridgehead atoms. The van der Waals surface area contributed by atoms with E-state index in [4.69, 9.17) is 0 Å². The Morgan fingerprint density at radius 1 is 1.00 bits per heavy atom. The molecule has 0 saturated heterocycles. The lowest BCUT2D eigenvalue weighted by Gasteiger charge is -2.05. The van der Waals surface area contributed by atoms with Gasteiger partial charge in [0.1, 0.15) is 5.82 Å². The van der Waals surface area contributed by atoms with Crippen molar-refractivity contribution in [2.24, 2.45) is 0 Å². The Morgan fingerprint density at radius 2 is 1.59 bits per heavy atom. The smallest absolute Gasteiger partial charge is 0.255 e. The van der Waals surface area contributed by atoms with Crippen LogP contribution in [0.2, 0.25) is 0 Å². The lowest BCUT2D eigenvalue weighted by Crippen LogP contribution is -2.11. The van der Waals surface area contributed by atoms with E-state index in [-0.39, 0.29) is 11.7 Å². The quantitative estimate of drug-likeness (QED) is 0.830. The van der Waals surface area contributed by atoms with E-state index in [9.17, 15) is 9.18 Å². The number of anilines is 1. The molecule has 0 saturated carbocycles. The molecule has 0 unspecified atom stereocenters. The maximum Gasteiger partial charge on any atom is 0.255 e. The van der Waals surface area contributed by atoms with Gasteiger partial charge in [-0.25, -0.2) is 4.39 Å². The van der Waals surface area contributed by atoms with Crippen molar-refractivity contribution in [2.45, 2.75) is 0 Å². The van der Waals surface area contributed by atoms with Crippen molar-refractivity contribution in [3.63, 3.8) is 0 Å². The van der Waals surface area contributed by atoms with Crippen LogP contribution in [0.15, 0.2) is 48.5 Å². The van der Waals surface area contributed by atoms with Crippen LogP contribution in [-0.4, -0.2) is 5.91 Å². The van der Waals surface area contributed by atoms with Gasteiger partial charge in [-0.3, -0.25) is 4.79 Å². The van der Waals surface area contributed by atoms with Gasteiger partial charge in [-0.2, -0.15) is 0 Å². The third-order valence-electron chi connectivity index (χ3n) is 2.21. The third kappa shape index (κ3) is 3.26.